The smallest absolute Gasteiger partial charge is 0.255 e. The van der Waals surface area contributed by atoms with Crippen molar-refractivity contribution in [1.29, 1.82) is 0 Å². The zero-order valence-electron chi connectivity index (χ0n) is 12.9. The van der Waals surface area contributed by atoms with Crippen LogP contribution in [0.5, 0.6) is 0 Å². The van der Waals surface area contributed by atoms with Gasteiger partial charge in [0.05, 0.1) is 17.1 Å². The molecule has 0 radical (unpaired) electrons. The van der Waals surface area contributed by atoms with Crippen LogP contribution < -0.4 is 4.72 Å². The van der Waals surface area contributed by atoms with E-state index < -0.39 is 10.0 Å². The highest BCUT2D eigenvalue weighted by Gasteiger charge is 2.20. The zero-order valence-corrected chi connectivity index (χ0v) is 15.3. The number of nitrogens with zero attached hydrogens (tertiary/aromatic N) is 1. The first-order valence-corrected chi connectivity index (χ1v) is 9.22. The molecule has 1 N–H and O–H groups in total. The molecule has 0 aliphatic carbocycles. The van der Waals surface area contributed by atoms with Crippen molar-refractivity contribution in [2.45, 2.75) is 18.7 Å². The van der Waals surface area contributed by atoms with Crippen LogP contribution in [-0.4, -0.2) is 52.6 Å². The zero-order chi connectivity index (χ0) is 16.8. The van der Waals surface area contributed by atoms with E-state index in [4.69, 9.17) is 4.74 Å². The van der Waals surface area contributed by atoms with Crippen molar-refractivity contribution < 1.29 is 17.9 Å². The Morgan fingerprint density at radius 2 is 1.95 bits per heavy atom. The number of halogens is 1. The summed E-state index contributed by atoms with van der Waals surface area (Å²) in [5.74, 6) is -0.203. The SMILES string of the molecule is CCN(CC)C(=O)c1cc(S(=O)(=O)NCCOC)ccc1Br. The van der Waals surface area contributed by atoms with E-state index in [2.05, 4.69) is 20.7 Å². The molecule has 124 valence electrons. The van der Waals surface area contributed by atoms with Crippen LogP contribution in [0.4, 0.5) is 0 Å². The number of nitrogens with one attached hydrogen (secondary N) is 1. The number of benzene rings is 1. The first kappa shape index (κ1) is 19.1. The number of ether oxygens (including phenoxy) is 1. The Balaban J connectivity index is 3.11. The molecule has 22 heavy (non-hydrogen) atoms. The molecule has 0 aromatic heterocycles. The van der Waals surface area contributed by atoms with Crippen molar-refractivity contribution in [3.63, 3.8) is 0 Å². The minimum Gasteiger partial charge on any atom is -0.383 e. The van der Waals surface area contributed by atoms with Crippen LogP contribution in [0.1, 0.15) is 24.2 Å². The van der Waals surface area contributed by atoms with Crippen molar-refractivity contribution >= 4 is 31.9 Å². The lowest BCUT2D eigenvalue weighted by Gasteiger charge is -2.19. The van der Waals surface area contributed by atoms with E-state index in [1.165, 1.54) is 19.2 Å². The van der Waals surface area contributed by atoms with E-state index in [1.807, 2.05) is 13.8 Å². The molecule has 8 heteroatoms. The van der Waals surface area contributed by atoms with Gasteiger partial charge >= 0.3 is 0 Å². The van der Waals surface area contributed by atoms with Gasteiger partial charge in [-0.3, -0.25) is 4.79 Å². The van der Waals surface area contributed by atoms with E-state index in [-0.39, 0.29) is 24.0 Å². The second-order valence-electron chi connectivity index (χ2n) is 4.51. The highest BCUT2D eigenvalue weighted by molar-refractivity contribution is 9.10. The molecule has 0 aliphatic rings. The van der Waals surface area contributed by atoms with E-state index in [0.717, 1.165) is 0 Å². The summed E-state index contributed by atoms with van der Waals surface area (Å²) >= 11 is 3.31. The maximum atomic E-state index is 12.4. The van der Waals surface area contributed by atoms with Gasteiger partial charge in [-0.25, -0.2) is 13.1 Å². The van der Waals surface area contributed by atoms with Crippen molar-refractivity contribution in [1.82, 2.24) is 9.62 Å². The number of methoxy groups -OCH3 is 1. The Kier molecular flexibility index (Phi) is 7.47. The van der Waals surface area contributed by atoms with Crippen molar-refractivity contribution in [3.8, 4) is 0 Å². The molecule has 1 rings (SSSR count). The number of rotatable bonds is 8. The molecular weight excluding hydrogens is 372 g/mol. The molecule has 0 saturated carbocycles. The maximum Gasteiger partial charge on any atom is 0.255 e. The first-order chi connectivity index (χ1) is 10.4. The van der Waals surface area contributed by atoms with Gasteiger partial charge < -0.3 is 9.64 Å². The molecule has 1 aromatic carbocycles. The average Bonchev–Trinajstić information content (AvgIpc) is 2.48. The van der Waals surface area contributed by atoms with Crippen LogP contribution >= 0.6 is 15.9 Å². The molecule has 6 nitrogen and oxygen atoms in total. The molecule has 1 amide bonds. The summed E-state index contributed by atoms with van der Waals surface area (Å²) in [6.07, 6.45) is 0. The molecule has 0 unspecified atom stereocenters. The summed E-state index contributed by atoms with van der Waals surface area (Å²) in [5, 5.41) is 0. The summed E-state index contributed by atoms with van der Waals surface area (Å²) in [7, 11) is -2.17. The topological polar surface area (TPSA) is 75.7 Å². The second-order valence-corrected chi connectivity index (χ2v) is 7.13. The van der Waals surface area contributed by atoms with Crippen LogP contribution in [0.15, 0.2) is 27.6 Å². The van der Waals surface area contributed by atoms with Crippen LogP contribution in [0.3, 0.4) is 0 Å². The van der Waals surface area contributed by atoms with Crippen molar-refractivity contribution in [3.05, 3.63) is 28.2 Å². The molecule has 0 spiro atoms. The summed E-state index contributed by atoms with van der Waals surface area (Å²) < 4.78 is 32.2. The maximum absolute atomic E-state index is 12.4. The fourth-order valence-electron chi connectivity index (χ4n) is 1.88. The summed E-state index contributed by atoms with van der Waals surface area (Å²) in [6, 6.07) is 4.42. The highest BCUT2D eigenvalue weighted by Crippen LogP contribution is 2.22. The van der Waals surface area contributed by atoms with Gasteiger partial charge in [-0.1, -0.05) is 0 Å². The Morgan fingerprint density at radius 1 is 1.32 bits per heavy atom. The number of amides is 1. The molecule has 0 aliphatic heterocycles. The molecule has 0 saturated heterocycles. The second kappa shape index (κ2) is 8.61. The lowest BCUT2D eigenvalue weighted by molar-refractivity contribution is 0.0772. The van der Waals surface area contributed by atoms with Gasteiger partial charge in [0.1, 0.15) is 0 Å². The Hall–Kier alpha value is -0.960. The van der Waals surface area contributed by atoms with Gasteiger partial charge in [-0.05, 0) is 48.0 Å². The van der Waals surface area contributed by atoms with E-state index in [1.54, 1.807) is 11.0 Å². The van der Waals surface area contributed by atoms with Gasteiger partial charge in [-0.15, -0.1) is 0 Å². The number of hydrogen-bond donors (Lipinski definition) is 1. The standard InChI is InChI=1S/C14H21BrN2O4S/c1-4-17(5-2)14(18)12-10-11(6-7-13(12)15)22(19,20)16-8-9-21-3/h6-7,10,16H,4-5,8-9H2,1-3H3. The third-order valence-corrected chi connectivity index (χ3v) is 5.28. The third-order valence-electron chi connectivity index (χ3n) is 3.13. The van der Waals surface area contributed by atoms with Crippen LogP contribution in [0, 0.1) is 0 Å². The predicted molar refractivity (Wildman–Crippen MR) is 88.5 cm³/mol. The lowest BCUT2D eigenvalue weighted by atomic mass is 10.2. The van der Waals surface area contributed by atoms with Gasteiger partial charge in [0.25, 0.3) is 5.91 Å². The largest absolute Gasteiger partial charge is 0.383 e. The monoisotopic (exact) mass is 392 g/mol. The van der Waals surface area contributed by atoms with E-state index >= 15 is 0 Å². The van der Waals surface area contributed by atoms with E-state index in [9.17, 15) is 13.2 Å². The summed E-state index contributed by atoms with van der Waals surface area (Å²) in [5.41, 5.74) is 0.332. The van der Waals surface area contributed by atoms with Gasteiger partial charge in [0.15, 0.2) is 0 Å². The summed E-state index contributed by atoms with van der Waals surface area (Å²) in [4.78, 5) is 14.1. The number of hydrogen-bond acceptors (Lipinski definition) is 4. The van der Waals surface area contributed by atoms with Crippen molar-refractivity contribution in [2.75, 3.05) is 33.4 Å². The predicted octanol–water partition coefficient (Wildman–Crippen LogP) is 1.86. The molecule has 0 bridgehead atoms. The average molecular weight is 393 g/mol. The number of sulfonamides is 1. The lowest BCUT2D eigenvalue weighted by Crippen LogP contribution is -2.31. The molecular formula is C14H21BrN2O4S. The van der Waals surface area contributed by atoms with Crippen LogP contribution in [-0.2, 0) is 14.8 Å². The Morgan fingerprint density at radius 3 is 2.50 bits per heavy atom. The highest BCUT2D eigenvalue weighted by atomic mass is 79.9. The van der Waals surface area contributed by atoms with Gasteiger partial charge in [0.2, 0.25) is 10.0 Å². The minimum absolute atomic E-state index is 0.0577. The Bertz CT molecular complexity index is 615. The fourth-order valence-corrected chi connectivity index (χ4v) is 3.33. The van der Waals surface area contributed by atoms with E-state index in [0.29, 0.717) is 23.1 Å². The summed E-state index contributed by atoms with van der Waals surface area (Å²) in [6.45, 7) is 5.33. The molecule has 0 fully saturated rings. The fraction of sp³-hybridized carbons (Fsp3) is 0.500. The minimum atomic E-state index is -3.67. The van der Waals surface area contributed by atoms with Crippen LogP contribution in [0.2, 0.25) is 0 Å². The molecule has 1 aromatic rings. The number of carbonyl (C=O) groups excluding carboxylic acids is 1. The molecule has 0 atom stereocenters. The molecule has 0 heterocycles. The van der Waals surface area contributed by atoms with Crippen LogP contribution in [0.25, 0.3) is 0 Å². The number of carbonyl (C=O) groups is 1. The first-order valence-electron chi connectivity index (χ1n) is 6.94. The quantitative estimate of drug-likeness (QED) is 0.684. The van der Waals surface area contributed by atoms with Crippen molar-refractivity contribution in [2.24, 2.45) is 0 Å². The van der Waals surface area contributed by atoms with Gasteiger partial charge in [-0.2, -0.15) is 0 Å². The van der Waals surface area contributed by atoms with Gasteiger partial charge in [0, 0.05) is 31.2 Å². The Labute approximate surface area is 140 Å². The normalized spacial score (nSPS) is 11.5. The third kappa shape index (κ3) is 4.77.